The number of aliphatic hydroxyl groups is 1. The van der Waals surface area contributed by atoms with Crippen LogP contribution in [0.2, 0.25) is 0 Å². The Hall–Kier alpha value is -1.62. The van der Waals surface area contributed by atoms with Crippen LogP contribution in [0, 0.1) is 0 Å². The minimum atomic E-state index is 0.0288. The van der Waals surface area contributed by atoms with Crippen LogP contribution in [0.4, 0.5) is 5.82 Å². The van der Waals surface area contributed by atoms with Crippen molar-refractivity contribution in [1.82, 2.24) is 14.6 Å². The Labute approximate surface area is 107 Å². The number of aliphatic hydroxyl groups excluding tert-OH is 1. The maximum absolute atomic E-state index is 9.24. The Balaban J connectivity index is 2.38. The molecule has 1 unspecified atom stereocenters. The van der Waals surface area contributed by atoms with Crippen molar-refractivity contribution in [3.8, 4) is 0 Å². The van der Waals surface area contributed by atoms with Crippen LogP contribution in [0.25, 0.3) is 5.52 Å². The van der Waals surface area contributed by atoms with Crippen molar-refractivity contribution in [2.75, 3.05) is 11.9 Å². The minimum absolute atomic E-state index is 0.0288. The summed E-state index contributed by atoms with van der Waals surface area (Å²) >= 11 is 0. The average molecular weight is 248 g/mol. The van der Waals surface area contributed by atoms with E-state index in [1.165, 1.54) is 0 Å². The molecule has 2 rings (SSSR count). The van der Waals surface area contributed by atoms with Crippen LogP contribution in [0.3, 0.4) is 0 Å². The van der Waals surface area contributed by atoms with E-state index < -0.39 is 0 Å². The quantitative estimate of drug-likeness (QED) is 0.850. The van der Waals surface area contributed by atoms with Crippen LogP contribution in [-0.4, -0.2) is 32.4 Å². The van der Waals surface area contributed by atoms with E-state index in [2.05, 4.69) is 29.2 Å². The maximum Gasteiger partial charge on any atom is 0.152 e. The number of nitrogens with zero attached hydrogens (tertiary/aromatic N) is 3. The zero-order chi connectivity index (χ0) is 13.1. The summed E-state index contributed by atoms with van der Waals surface area (Å²) in [5, 5.41) is 17.0. The molecular weight excluding hydrogens is 228 g/mol. The molecule has 1 atom stereocenters. The van der Waals surface area contributed by atoms with Gasteiger partial charge in [0.15, 0.2) is 5.82 Å². The van der Waals surface area contributed by atoms with Gasteiger partial charge in [-0.15, -0.1) is 0 Å². The molecule has 0 aromatic carbocycles. The highest BCUT2D eigenvalue weighted by Gasteiger charge is 2.12. The third-order valence-corrected chi connectivity index (χ3v) is 3.05. The molecule has 5 nitrogen and oxygen atoms in total. The molecule has 0 aliphatic rings. The van der Waals surface area contributed by atoms with Gasteiger partial charge in [-0.25, -0.2) is 9.50 Å². The smallest absolute Gasteiger partial charge is 0.152 e. The lowest BCUT2D eigenvalue weighted by Gasteiger charge is -2.14. The van der Waals surface area contributed by atoms with Gasteiger partial charge in [-0.1, -0.05) is 20.8 Å². The molecule has 0 fully saturated rings. The van der Waals surface area contributed by atoms with E-state index in [4.69, 9.17) is 0 Å². The zero-order valence-corrected chi connectivity index (χ0v) is 11.1. The molecule has 0 saturated heterocycles. The third-order valence-electron chi connectivity index (χ3n) is 3.05. The predicted octanol–water partition coefficient (Wildman–Crippen LogP) is 2.04. The van der Waals surface area contributed by atoms with Crippen molar-refractivity contribution < 1.29 is 5.11 Å². The van der Waals surface area contributed by atoms with Crippen molar-refractivity contribution in [3.63, 3.8) is 0 Å². The number of aromatic nitrogens is 3. The summed E-state index contributed by atoms with van der Waals surface area (Å²) in [7, 11) is 0. The SMILES string of the molecule is CCC(CO)Nc1nccn2nc(C(C)C)cc12. The van der Waals surface area contributed by atoms with Gasteiger partial charge in [0, 0.05) is 12.4 Å². The molecule has 18 heavy (non-hydrogen) atoms. The summed E-state index contributed by atoms with van der Waals surface area (Å²) in [6.07, 6.45) is 4.41. The summed E-state index contributed by atoms with van der Waals surface area (Å²) in [4.78, 5) is 4.33. The Morgan fingerprint density at radius 3 is 2.83 bits per heavy atom. The van der Waals surface area contributed by atoms with Crippen molar-refractivity contribution >= 4 is 11.3 Å². The van der Waals surface area contributed by atoms with Crippen molar-refractivity contribution in [3.05, 3.63) is 24.2 Å². The summed E-state index contributed by atoms with van der Waals surface area (Å²) in [5.74, 6) is 1.16. The fourth-order valence-corrected chi connectivity index (χ4v) is 1.80. The van der Waals surface area contributed by atoms with Gasteiger partial charge in [0.1, 0.15) is 5.52 Å². The van der Waals surface area contributed by atoms with Gasteiger partial charge in [0.25, 0.3) is 0 Å². The fourth-order valence-electron chi connectivity index (χ4n) is 1.80. The lowest BCUT2D eigenvalue weighted by Crippen LogP contribution is -2.23. The second kappa shape index (κ2) is 5.35. The van der Waals surface area contributed by atoms with Gasteiger partial charge in [-0.3, -0.25) is 0 Å². The van der Waals surface area contributed by atoms with Gasteiger partial charge in [-0.2, -0.15) is 5.10 Å². The van der Waals surface area contributed by atoms with Crippen LogP contribution < -0.4 is 5.32 Å². The zero-order valence-electron chi connectivity index (χ0n) is 11.1. The Kier molecular flexibility index (Phi) is 3.81. The van der Waals surface area contributed by atoms with Gasteiger partial charge in [0.05, 0.1) is 18.3 Å². The van der Waals surface area contributed by atoms with Gasteiger partial charge in [0.2, 0.25) is 0 Å². The first-order valence-corrected chi connectivity index (χ1v) is 6.37. The molecule has 2 aromatic heterocycles. The number of anilines is 1. The summed E-state index contributed by atoms with van der Waals surface area (Å²) in [5.41, 5.74) is 2.00. The standard InChI is InChI=1S/C13H20N4O/c1-4-10(8-18)15-13-12-7-11(9(2)3)16-17(12)6-5-14-13/h5-7,9-10,18H,4,8H2,1-3H3,(H,14,15). The van der Waals surface area contributed by atoms with Crippen LogP contribution in [0.15, 0.2) is 18.5 Å². The van der Waals surface area contributed by atoms with Crippen LogP contribution in [0.1, 0.15) is 38.8 Å². The summed E-state index contributed by atoms with van der Waals surface area (Å²) < 4.78 is 1.83. The van der Waals surface area contributed by atoms with Crippen LogP contribution >= 0.6 is 0 Å². The number of hydrogen-bond donors (Lipinski definition) is 2. The molecular formula is C13H20N4O. The summed E-state index contributed by atoms with van der Waals surface area (Å²) in [6.45, 7) is 6.37. The first-order chi connectivity index (χ1) is 8.65. The van der Waals surface area contributed by atoms with E-state index in [-0.39, 0.29) is 12.6 Å². The topological polar surface area (TPSA) is 62.5 Å². The van der Waals surface area contributed by atoms with Gasteiger partial charge in [-0.05, 0) is 18.4 Å². The molecule has 5 heteroatoms. The van der Waals surface area contributed by atoms with Gasteiger partial charge >= 0.3 is 0 Å². The van der Waals surface area contributed by atoms with E-state index in [0.29, 0.717) is 5.92 Å². The molecule has 0 aliphatic carbocycles. The summed E-state index contributed by atoms with van der Waals surface area (Å²) in [6, 6.07) is 2.07. The molecule has 2 aromatic rings. The normalized spacial score (nSPS) is 13.2. The minimum Gasteiger partial charge on any atom is -0.394 e. The lowest BCUT2D eigenvalue weighted by molar-refractivity contribution is 0.271. The van der Waals surface area contributed by atoms with E-state index in [1.54, 1.807) is 6.20 Å². The Morgan fingerprint density at radius 2 is 2.22 bits per heavy atom. The molecule has 2 heterocycles. The van der Waals surface area contributed by atoms with Crippen molar-refractivity contribution in [2.45, 2.75) is 39.2 Å². The molecule has 98 valence electrons. The molecule has 0 saturated carbocycles. The van der Waals surface area contributed by atoms with E-state index in [9.17, 15) is 5.11 Å². The highest BCUT2D eigenvalue weighted by atomic mass is 16.3. The number of nitrogens with one attached hydrogen (secondary N) is 1. The first-order valence-electron chi connectivity index (χ1n) is 6.37. The second-order valence-corrected chi connectivity index (χ2v) is 4.76. The highest BCUT2D eigenvalue weighted by Crippen LogP contribution is 2.20. The molecule has 2 N–H and O–H groups in total. The van der Waals surface area contributed by atoms with Crippen LogP contribution in [0.5, 0.6) is 0 Å². The maximum atomic E-state index is 9.24. The molecule has 0 bridgehead atoms. The molecule has 0 radical (unpaired) electrons. The fraction of sp³-hybridized carbons (Fsp3) is 0.538. The third kappa shape index (κ3) is 2.46. The van der Waals surface area contributed by atoms with E-state index in [0.717, 1.165) is 23.4 Å². The van der Waals surface area contributed by atoms with E-state index >= 15 is 0 Å². The predicted molar refractivity (Wildman–Crippen MR) is 71.9 cm³/mol. The molecule has 0 spiro atoms. The number of rotatable bonds is 5. The van der Waals surface area contributed by atoms with Gasteiger partial charge < -0.3 is 10.4 Å². The monoisotopic (exact) mass is 248 g/mol. The molecule has 0 amide bonds. The largest absolute Gasteiger partial charge is 0.394 e. The Bertz CT molecular complexity index is 517. The first kappa shape index (κ1) is 12.8. The lowest BCUT2D eigenvalue weighted by atomic mass is 10.1. The van der Waals surface area contributed by atoms with Crippen molar-refractivity contribution in [2.24, 2.45) is 0 Å². The second-order valence-electron chi connectivity index (χ2n) is 4.76. The molecule has 0 aliphatic heterocycles. The Morgan fingerprint density at radius 1 is 1.44 bits per heavy atom. The average Bonchev–Trinajstić information content (AvgIpc) is 2.80. The number of hydrogen-bond acceptors (Lipinski definition) is 4. The highest BCUT2D eigenvalue weighted by molar-refractivity contribution is 5.68. The van der Waals surface area contributed by atoms with Crippen molar-refractivity contribution in [1.29, 1.82) is 0 Å². The van der Waals surface area contributed by atoms with Crippen LogP contribution in [-0.2, 0) is 0 Å². The number of fused-ring (bicyclic) bond motifs is 1. The van der Waals surface area contributed by atoms with E-state index in [1.807, 2.05) is 23.7 Å².